The lowest BCUT2D eigenvalue weighted by atomic mass is 10.1. The van der Waals surface area contributed by atoms with Gasteiger partial charge >= 0.3 is 6.03 Å². The number of nitrogens with one attached hydrogen (secondary N) is 2. The lowest BCUT2D eigenvalue weighted by Crippen LogP contribution is -2.43. The number of anilines is 1. The molecule has 0 saturated carbocycles. The Labute approximate surface area is 133 Å². The molecule has 2 amide bonds. The van der Waals surface area contributed by atoms with Crippen LogP contribution >= 0.6 is 0 Å². The van der Waals surface area contributed by atoms with Gasteiger partial charge in [-0.05, 0) is 57.9 Å². The lowest BCUT2D eigenvalue weighted by Gasteiger charge is -2.21. The zero-order chi connectivity index (χ0) is 16.6. The van der Waals surface area contributed by atoms with Crippen molar-refractivity contribution in [3.05, 3.63) is 23.8 Å². The normalized spacial score (nSPS) is 11.1. The standard InChI is InChI=1S/C17H29N3O2/c1-5-6-11-22-15-12-13(9-10-18)7-8-14(15)19-16(21)20-17(2,3)4/h7-8,12H,5-6,9-11,18H2,1-4H3,(H2,19,20,21). The molecule has 5 heteroatoms. The zero-order valence-corrected chi connectivity index (χ0v) is 14.2. The van der Waals surface area contributed by atoms with Crippen molar-refractivity contribution in [1.82, 2.24) is 5.32 Å². The molecular formula is C17H29N3O2. The number of nitrogens with two attached hydrogens (primary N) is 1. The van der Waals surface area contributed by atoms with Gasteiger partial charge in [0.25, 0.3) is 0 Å². The molecule has 0 atom stereocenters. The number of carbonyl (C=O) groups is 1. The number of benzene rings is 1. The maximum atomic E-state index is 12.0. The first-order valence-electron chi connectivity index (χ1n) is 7.90. The van der Waals surface area contributed by atoms with E-state index >= 15 is 0 Å². The highest BCUT2D eigenvalue weighted by atomic mass is 16.5. The molecule has 0 saturated heterocycles. The Hall–Kier alpha value is -1.75. The van der Waals surface area contributed by atoms with E-state index in [2.05, 4.69) is 17.6 Å². The molecule has 5 nitrogen and oxygen atoms in total. The molecular weight excluding hydrogens is 278 g/mol. The van der Waals surface area contributed by atoms with E-state index in [1.165, 1.54) is 0 Å². The number of ether oxygens (including phenoxy) is 1. The highest BCUT2D eigenvalue weighted by Gasteiger charge is 2.15. The van der Waals surface area contributed by atoms with Crippen LogP contribution < -0.4 is 21.1 Å². The second-order valence-corrected chi connectivity index (χ2v) is 6.40. The van der Waals surface area contributed by atoms with E-state index in [1.54, 1.807) is 0 Å². The Kier molecular flexibility index (Phi) is 7.18. The Balaban J connectivity index is 2.84. The van der Waals surface area contributed by atoms with Gasteiger partial charge in [0.1, 0.15) is 5.75 Å². The fourth-order valence-electron chi connectivity index (χ4n) is 1.93. The summed E-state index contributed by atoms with van der Waals surface area (Å²) in [5.74, 6) is 0.698. The van der Waals surface area contributed by atoms with Crippen molar-refractivity contribution in [1.29, 1.82) is 0 Å². The molecule has 22 heavy (non-hydrogen) atoms. The molecule has 0 heterocycles. The van der Waals surface area contributed by atoms with Gasteiger partial charge in [-0.1, -0.05) is 19.4 Å². The summed E-state index contributed by atoms with van der Waals surface area (Å²) in [6.07, 6.45) is 2.84. The van der Waals surface area contributed by atoms with Crippen LogP contribution in [0.15, 0.2) is 18.2 Å². The predicted octanol–water partition coefficient (Wildman–Crippen LogP) is 3.29. The van der Waals surface area contributed by atoms with E-state index < -0.39 is 0 Å². The molecule has 1 rings (SSSR count). The molecule has 1 aromatic rings. The van der Waals surface area contributed by atoms with Crippen molar-refractivity contribution in [2.24, 2.45) is 5.73 Å². The van der Waals surface area contributed by atoms with Crippen LogP contribution in [0.3, 0.4) is 0 Å². The fraction of sp³-hybridized carbons (Fsp3) is 0.588. The minimum Gasteiger partial charge on any atom is -0.491 e. The third kappa shape index (κ3) is 6.80. The van der Waals surface area contributed by atoms with Gasteiger partial charge in [-0.3, -0.25) is 0 Å². The monoisotopic (exact) mass is 307 g/mol. The van der Waals surface area contributed by atoms with E-state index in [0.717, 1.165) is 24.8 Å². The molecule has 0 spiro atoms. The second-order valence-electron chi connectivity index (χ2n) is 6.40. The Morgan fingerprint density at radius 1 is 1.32 bits per heavy atom. The molecule has 124 valence electrons. The molecule has 0 aliphatic carbocycles. The maximum Gasteiger partial charge on any atom is 0.319 e. The van der Waals surface area contributed by atoms with E-state index in [1.807, 2.05) is 39.0 Å². The van der Waals surface area contributed by atoms with Crippen LogP contribution in [0.4, 0.5) is 10.5 Å². The van der Waals surface area contributed by atoms with Crippen molar-refractivity contribution in [3.8, 4) is 5.75 Å². The van der Waals surface area contributed by atoms with Gasteiger partial charge in [-0.15, -0.1) is 0 Å². The predicted molar refractivity (Wildman–Crippen MR) is 91.5 cm³/mol. The van der Waals surface area contributed by atoms with Crippen LogP contribution in [-0.2, 0) is 6.42 Å². The van der Waals surface area contributed by atoms with Gasteiger partial charge in [0.2, 0.25) is 0 Å². The second kappa shape index (κ2) is 8.63. The molecule has 0 aromatic heterocycles. The number of unbranched alkanes of at least 4 members (excludes halogenated alkanes) is 1. The highest BCUT2D eigenvalue weighted by molar-refractivity contribution is 5.91. The Bertz CT molecular complexity index is 481. The number of urea groups is 1. The number of amides is 2. The molecule has 0 bridgehead atoms. The number of hydrogen-bond acceptors (Lipinski definition) is 3. The van der Waals surface area contributed by atoms with E-state index in [-0.39, 0.29) is 11.6 Å². The van der Waals surface area contributed by atoms with Crippen LogP contribution in [0.25, 0.3) is 0 Å². The van der Waals surface area contributed by atoms with Crippen molar-refractivity contribution >= 4 is 11.7 Å². The first-order chi connectivity index (χ1) is 10.4. The van der Waals surface area contributed by atoms with Crippen molar-refractivity contribution in [2.75, 3.05) is 18.5 Å². The summed E-state index contributed by atoms with van der Waals surface area (Å²) in [5, 5.41) is 5.73. The summed E-state index contributed by atoms with van der Waals surface area (Å²) in [6.45, 7) is 9.16. The maximum absolute atomic E-state index is 12.0. The summed E-state index contributed by atoms with van der Waals surface area (Å²) in [7, 11) is 0. The van der Waals surface area contributed by atoms with Crippen molar-refractivity contribution in [2.45, 2.75) is 52.5 Å². The number of carbonyl (C=O) groups excluding carboxylic acids is 1. The van der Waals surface area contributed by atoms with Crippen LogP contribution in [0.2, 0.25) is 0 Å². The van der Waals surface area contributed by atoms with Gasteiger partial charge in [0.15, 0.2) is 0 Å². The quantitative estimate of drug-likeness (QED) is 0.677. The topological polar surface area (TPSA) is 76.4 Å². The van der Waals surface area contributed by atoms with Gasteiger partial charge < -0.3 is 21.1 Å². The third-order valence-corrected chi connectivity index (χ3v) is 2.97. The zero-order valence-electron chi connectivity index (χ0n) is 14.2. The first-order valence-corrected chi connectivity index (χ1v) is 7.90. The van der Waals surface area contributed by atoms with Crippen molar-refractivity contribution in [3.63, 3.8) is 0 Å². The van der Waals surface area contributed by atoms with Crippen LogP contribution in [0.1, 0.15) is 46.1 Å². The average Bonchev–Trinajstić information content (AvgIpc) is 2.40. The minimum atomic E-state index is -0.285. The summed E-state index contributed by atoms with van der Waals surface area (Å²) in [5.41, 5.74) is 7.10. The SMILES string of the molecule is CCCCOc1cc(CCN)ccc1NC(=O)NC(C)(C)C. The summed E-state index contributed by atoms with van der Waals surface area (Å²) >= 11 is 0. The Morgan fingerprint density at radius 3 is 2.64 bits per heavy atom. The largest absolute Gasteiger partial charge is 0.491 e. The molecule has 0 unspecified atom stereocenters. The van der Waals surface area contributed by atoms with Crippen LogP contribution in [-0.4, -0.2) is 24.7 Å². The third-order valence-electron chi connectivity index (χ3n) is 2.97. The van der Waals surface area contributed by atoms with Crippen LogP contribution in [0.5, 0.6) is 5.75 Å². The Morgan fingerprint density at radius 2 is 2.05 bits per heavy atom. The molecule has 0 aliphatic rings. The summed E-state index contributed by atoms with van der Waals surface area (Å²) in [4.78, 5) is 12.0. The molecule has 0 radical (unpaired) electrons. The minimum absolute atomic E-state index is 0.237. The van der Waals surface area contributed by atoms with E-state index in [4.69, 9.17) is 10.5 Å². The first kappa shape index (κ1) is 18.3. The van der Waals surface area contributed by atoms with E-state index in [9.17, 15) is 4.79 Å². The number of hydrogen-bond donors (Lipinski definition) is 3. The highest BCUT2D eigenvalue weighted by Crippen LogP contribution is 2.26. The lowest BCUT2D eigenvalue weighted by molar-refractivity contribution is 0.243. The van der Waals surface area contributed by atoms with Gasteiger partial charge in [-0.25, -0.2) is 4.79 Å². The molecule has 4 N–H and O–H groups in total. The van der Waals surface area contributed by atoms with Gasteiger partial charge in [0, 0.05) is 5.54 Å². The van der Waals surface area contributed by atoms with Crippen molar-refractivity contribution < 1.29 is 9.53 Å². The van der Waals surface area contributed by atoms with Crippen LogP contribution in [0, 0.1) is 0 Å². The number of rotatable bonds is 7. The molecule has 1 aromatic carbocycles. The fourth-order valence-corrected chi connectivity index (χ4v) is 1.93. The molecule has 0 fully saturated rings. The smallest absolute Gasteiger partial charge is 0.319 e. The van der Waals surface area contributed by atoms with Gasteiger partial charge in [0.05, 0.1) is 12.3 Å². The summed E-state index contributed by atoms with van der Waals surface area (Å²) < 4.78 is 5.81. The average molecular weight is 307 g/mol. The molecule has 0 aliphatic heterocycles. The van der Waals surface area contributed by atoms with Gasteiger partial charge in [-0.2, -0.15) is 0 Å². The summed E-state index contributed by atoms with van der Waals surface area (Å²) in [6, 6.07) is 5.55. The van der Waals surface area contributed by atoms with E-state index in [0.29, 0.717) is 24.6 Å².